The zero-order valence-corrected chi connectivity index (χ0v) is 17.0. The molecular formula is C20H21F3N2O4S. The number of sulfonamides is 1. The number of hydrogen-bond acceptors (Lipinski definition) is 4. The van der Waals surface area contributed by atoms with Crippen LogP contribution in [-0.2, 0) is 34.0 Å². The first kappa shape index (κ1) is 22.1. The van der Waals surface area contributed by atoms with E-state index < -0.39 is 21.8 Å². The first-order chi connectivity index (χ1) is 14.0. The lowest BCUT2D eigenvalue weighted by molar-refractivity contribution is -0.137. The highest BCUT2D eigenvalue weighted by molar-refractivity contribution is 7.88. The highest BCUT2D eigenvalue weighted by Crippen LogP contribution is 2.34. The molecule has 0 aliphatic carbocycles. The van der Waals surface area contributed by atoms with Gasteiger partial charge in [0.05, 0.1) is 11.8 Å². The molecule has 1 amide bonds. The van der Waals surface area contributed by atoms with E-state index in [9.17, 15) is 26.4 Å². The lowest BCUT2D eigenvalue weighted by Gasteiger charge is -2.30. The number of benzene rings is 2. The van der Waals surface area contributed by atoms with E-state index in [2.05, 4.69) is 4.72 Å². The maximum absolute atomic E-state index is 12.7. The van der Waals surface area contributed by atoms with Crippen LogP contribution in [0.2, 0.25) is 0 Å². The summed E-state index contributed by atoms with van der Waals surface area (Å²) in [4.78, 5) is 14.0. The van der Waals surface area contributed by atoms with Crippen molar-refractivity contribution in [1.82, 2.24) is 9.62 Å². The fourth-order valence-electron chi connectivity index (χ4n) is 3.22. The summed E-state index contributed by atoms with van der Waals surface area (Å²) in [5, 5.41) is 0. The highest BCUT2D eigenvalue weighted by atomic mass is 32.2. The van der Waals surface area contributed by atoms with Crippen LogP contribution in [0.4, 0.5) is 13.2 Å². The molecule has 1 aliphatic rings. The van der Waals surface area contributed by atoms with Gasteiger partial charge in [-0.2, -0.15) is 13.2 Å². The summed E-state index contributed by atoms with van der Waals surface area (Å²) in [7, 11) is -3.35. The highest BCUT2D eigenvalue weighted by Gasteiger charge is 2.30. The molecule has 0 fully saturated rings. The van der Waals surface area contributed by atoms with Gasteiger partial charge in [-0.15, -0.1) is 0 Å². The first-order valence-corrected chi connectivity index (χ1v) is 11.1. The van der Waals surface area contributed by atoms with Crippen LogP contribution in [0.25, 0.3) is 0 Å². The molecule has 0 spiro atoms. The first-order valence-electron chi connectivity index (χ1n) is 9.21. The summed E-state index contributed by atoms with van der Waals surface area (Å²) in [6.45, 7) is 0.841. The number of alkyl halides is 3. The Labute approximate surface area is 172 Å². The van der Waals surface area contributed by atoms with Crippen LogP contribution in [0.5, 0.6) is 11.5 Å². The molecular weight excluding hydrogens is 421 g/mol. The number of fused-ring (bicyclic) bond motifs is 1. The molecule has 0 atom stereocenters. The smallest absolute Gasteiger partial charge is 0.416 e. The van der Waals surface area contributed by atoms with E-state index in [0.717, 1.165) is 29.5 Å². The Hall–Kier alpha value is -2.59. The molecule has 2 aromatic carbocycles. The molecule has 0 radical (unpaired) electrons. The minimum absolute atomic E-state index is 0.0398. The number of rotatable bonds is 6. The summed E-state index contributed by atoms with van der Waals surface area (Å²) in [5.41, 5.74) is 1.04. The second-order valence-corrected chi connectivity index (χ2v) is 8.83. The minimum Gasteiger partial charge on any atom is -0.457 e. The van der Waals surface area contributed by atoms with Crippen molar-refractivity contribution < 1.29 is 31.1 Å². The SMILES string of the molecule is CS(=O)(=O)NCCC(=O)N1CCc2c(cccc2Oc2ccc(C(F)(F)F)cc2)C1. The Morgan fingerprint density at radius 3 is 2.50 bits per heavy atom. The van der Waals surface area contributed by atoms with Crippen LogP contribution in [0.3, 0.4) is 0 Å². The standard InChI is InChI=1S/C20H21F3N2O4S/c1-30(27,28)24-11-9-19(26)25-12-10-17-14(13-25)3-2-4-18(17)29-16-7-5-15(6-8-16)20(21,22)23/h2-8,24H,9-13H2,1H3. The molecule has 30 heavy (non-hydrogen) atoms. The van der Waals surface area contributed by atoms with E-state index in [1.54, 1.807) is 17.0 Å². The number of nitrogens with one attached hydrogen (secondary N) is 1. The number of ether oxygens (including phenoxy) is 1. The summed E-state index contributed by atoms with van der Waals surface area (Å²) in [5.74, 6) is 0.672. The number of carbonyl (C=O) groups is 1. The Morgan fingerprint density at radius 1 is 1.17 bits per heavy atom. The lowest BCUT2D eigenvalue weighted by Crippen LogP contribution is -2.38. The van der Waals surface area contributed by atoms with Gasteiger partial charge in [0, 0.05) is 31.6 Å². The van der Waals surface area contributed by atoms with Gasteiger partial charge in [-0.3, -0.25) is 4.79 Å². The van der Waals surface area contributed by atoms with E-state index in [1.807, 2.05) is 6.07 Å². The van der Waals surface area contributed by atoms with Crippen LogP contribution < -0.4 is 9.46 Å². The van der Waals surface area contributed by atoms with Gasteiger partial charge in [0.1, 0.15) is 11.5 Å². The average Bonchev–Trinajstić information content (AvgIpc) is 2.66. The molecule has 162 valence electrons. The van der Waals surface area contributed by atoms with E-state index in [4.69, 9.17) is 4.74 Å². The van der Waals surface area contributed by atoms with Gasteiger partial charge in [-0.05, 0) is 42.3 Å². The molecule has 6 nitrogen and oxygen atoms in total. The maximum Gasteiger partial charge on any atom is 0.416 e. The van der Waals surface area contributed by atoms with E-state index in [-0.39, 0.29) is 18.9 Å². The monoisotopic (exact) mass is 442 g/mol. The fourth-order valence-corrected chi connectivity index (χ4v) is 3.70. The molecule has 1 N–H and O–H groups in total. The summed E-state index contributed by atoms with van der Waals surface area (Å²) >= 11 is 0. The van der Waals surface area contributed by atoms with Crippen molar-refractivity contribution in [3.8, 4) is 11.5 Å². The van der Waals surface area contributed by atoms with Gasteiger partial charge in [-0.25, -0.2) is 13.1 Å². The van der Waals surface area contributed by atoms with E-state index in [0.29, 0.717) is 31.0 Å². The topological polar surface area (TPSA) is 75.7 Å². The number of halogens is 3. The Balaban J connectivity index is 1.67. The quantitative estimate of drug-likeness (QED) is 0.745. The Bertz CT molecular complexity index is 1020. The van der Waals surface area contributed by atoms with Gasteiger partial charge < -0.3 is 9.64 Å². The lowest BCUT2D eigenvalue weighted by atomic mass is 9.98. The van der Waals surface area contributed by atoms with Gasteiger partial charge in [-0.1, -0.05) is 12.1 Å². The van der Waals surface area contributed by atoms with Gasteiger partial charge in [0.25, 0.3) is 0 Å². The van der Waals surface area contributed by atoms with Crippen molar-refractivity contribution in [2.75, 3.05) is 19.3 Å². The molecule has 10 heteroatoms. The van der Waals surface area contributed by atoms with Gasteiger partial charge in [0.2, 0.25) is 15.9 Å². The van der Waals surface area contributed by atoms with Gasteiger partial charge in [0.15, 0.2) is 0 Å². The third kappa shape index (κ3) is 5.73. The number of amides is 1. The Morgan fingerprint density at radius 2 is 1.87 bits per heavy atom. The molecule has 0 aromatic heterocycles. The molecule has 0 unspecified atom stereocenters. The van der Waals surface area contributed by atoms with Gasteiger partial charge >= 0.3 is 6.18 Å². The molecule has 0 bridgehead atoms. The van der Waals surface area contributed by atoms with Crippen molar-refractivity contribution in [3.63, 3.8) is 0 Å². The molecule has 1 heterocycles. The predicted octanol–water partition coefficient (Wildman–Crippen LogP) is 3.32. The molecule has 2 aromatic rings. The fraction of sp³-hybridized carbons (Fsp3) is 0.350. The van der Waals surface area contributed by atoms with Crippen LogP contribution in [0.15, 0.2) is 42.5 Å². The molecule has 1 aliphatic heterocycles. The van der Waals surface area contributed by atoms with Crippen LogP contribution in [0.1, 0.15) is 23.1 Å². The number of nitrogens with zero attached hydrogens (tertiary/aromatic N) is 1. The van der Waals surface area contributed by atoms with Crippen molar-refractivity contribution in [2.45, 2.75) is 25.6 Å². The zero-order valence-electron chi connectivity index (χ0n) is 16.2. The van der Waals surface area contributed by atoms with Crippen LogP contribution in [-0.4, -0.2) is 38.6 Å². The van der Waals surface area contributed by atoms with Crippen molar-refractivity contribution in [3.05, 3.63) is 59.2 Å². The van der Waals surface area contributed by atoms with Crippen molar-refractivity contribution in [2.24, 2.45) is 0 Å². The van der Waals surface area contributed by atoms with Crippen LogP contribution in [0, 0.1) is 0 Å². The van der Waals surface area contributed by atoms with Crippen molar-refractivity contribution >= 4 is 15.9 Å². The second-order valence-electron chi connectivity index (χ2n) is 7.00. The summed E-state index contributed by atoms with van der Waals surface area (Å²) < 4.78 is 68.4. The van der Waals surface area contributed by atoms with E-state index >= 15 is 0 Å². The van der Waals surface area contributed by atoms with Crippen molar-refractivity contribution in [1.29, 1.82) is 0 Å². The van der Waals surface area contributed by atoms with E-state index in [1.165, 1.54) is 12.1 Å². The minimum atomic E-state index is -4.41. The average molecular weight is 442 g/mol. The third-order valence-corrected chi connectivity index (χ3v) is 5.42. The number of hydrogen-bond donors (Lipinski definition) is 1. The second kappa shape index (κ2) is 8.65. The predicted molar refractivity (Wildman–Crippen MR) is 105 cm³/mol. The summed E-state index contributed by atoms with van der Waals surface area (Å²) in [6.07, 6.45) is -2.79. The molecule has 0 saturated heterocycles. The van der Waals surface area contributed by atoms with Crippen LogP contribution >= 0.6 is 0 Å². The molecule has 3 rings (SSSR count). The number of carbonyl (C=O) groups excluding carboxylic acids is 1. The normalized spacial score (nSPS) is 14.3. The maximum atomic E-state index is 12.7. The third-order valence-electron chi connectivity index (χ3n) is 4.69. The summed E-state index contributed by atoms with van der Waals surface area (Å²) in [6, 6.07) is 9.85. The molecule has 0 saturated carbocycles. The Kier molecular flexibility index (Phi) is 6.37. The largest absolute Gasteiger partial charge is 0.457 e. The zero-order chi connectivity index (χ0) is 21.9.